The maximum atomic E-state index is 5.41. The Morgan fingerprint density at radius 1 is 0.952 bits per heavy atom. The van der Waals surface area contributed by atoms with E-state index in [2.05, 4.69) is 15.6 Å². The molecule has 0 aliphatic carbocycles. The number of methoxy groups -OCH3 is 3. The lowest BCUT2D eigenvalue weighted by molar-refractivity contribution is 0.369. The Bertz CT molecular complexity index is 442. The van der Waals surface area contributed by atoms with Crippen LogP contribution in [0.4, 0.5) is 0 Å². The summed E-state index contributed by atoms with van der Waals surface area (Å²) in [5.74, 6) is 2.85. The van der Waals surface area contributed by atoms with Gasteiger partial charge in [0.2, 0.25) is 0 Å². The zero-order valence-electron chi connectivity index (χ0n) is 13.4. The highest BCUT2D eigenvalue weighted by atomic mass is 16.5. The monoisotopic (exact) mass is 295 g/mol. The molecule has 118 valence electrons. The molecule has 6 nitrogen and oxygen atoms in total. The fourth-order valence-electron chi connectivity index (χ4n) is 1.90. The number of nitrogens with zero attached hydrogens (tertiary/aromatic N) is 1. The van der Waals surface area contributed by atoms with Crippen LogP contribution >= 0.6 is 0 Å². The first-order valence-corrected chi connectivity index (χ1v) is 7.01. The van der Waals surface area contributed by atoms with Gasteiger partial charge in [0.1, 0.15) is 17.2 Å². The van der Waals surface area contributed by atoms with E-state index in [0.717, 1.165) is 24.6 Å². The van der Waals surface area contributed by atoms with Crippen molar-refractivity contribution in [2.24, 2.45) is 4.99 Å². The SMILES string of the molecule is CCNC(=NCc1c(OC)cc(OC)cc1OC)NCC. The summed E-state index contributed by atoms with van der Waals surface area (Å²) in [4.78, 5) is 4.54. The molecular weight excluding hydrogens is 270 g/mol. The van der Waals surface area contributed by atoms with Crippen LogP contribution in [0, 0.1) is 0 Å². The predicted molar refractivity (Wildman–Crippen MR) is 84.6 cm³/mol. The molecule has 1 aromatic rings. The van der Waals surface area contributed by atoms with Crippen LogP contribution in [-0.4, -0.2) is 40.4 Å². The van der Waals surface area contributed by atoms with Crippen LogP contribution in [0.5, 0.6) is 17.2 Å². The average molecular weight is 295 g/mol. The Labute approximate surface area is 126 Å². The Hall–Kier alpha value is -2.11. The maximum absolute atomic E-state index is 5.41. The van der Waals surface area contributed by atoms with E-state index in [1.807, 2.05) is 26.0 Å². The van der Waals surface area contributed by atoms with Gasteiger partial charge in [-0.25, -0.2) is 4.99 Å². The zero-order chi connectivity index (χ0) is 15.7. The van der Waals surface area contributed by atoms with Gasteiger partial charge in [0.25, 0.3) is 0 Å². The van der Waals surface area contributed by atoms with E-state index in [9.17, 15) is 0 Å². The number of hydrogen-bond donors (Lipinski definition) is 2. The highest BCUT2D eigenvalue weighted by molar-refractivity contribution is 5.79. The fourth-order valence-corrected chi connectivity index (χ4v) is 1.90. The van der Waals surface area contributed by atoms with Gasteiger partial charge in [-0.05, 0) is 13.8 Å². The molecule has 0 aliphatic heterocycles. The second-order valence-electron chi connectivity index (χ2n) is 4.24. The highest BCUT2D eigenvalue weighted by Crippen LogP contribution is 2.34. The van der Waals surface area contributed by atoms with E-state index >= 15 is 0 Å². The molecule has 1 rings (SSSR count). The van der Waals surface area contributed by atoms with Crippen molar-refractivity contribution in [3.8, 4) is 17.2 Å². The molecule has 0 saturated heterocycles. The summed E-state index contributed by atoms with van der Waals surface area (Å²) in [6.45, 7) is 6.12. The molecule has 6 heteroatoms. The van der Waals surface area contributed by atoms with Gasteiger partial charge in [0.15, 0.2) is 5.96 Å². The Morgan fingerprint density at radius 3 is 1.86 bits per heavy atom. The average Bonchev–Trinajstić information content (AvgIpc) is 2.52. The summed E-state index contributed by atoms with van der Waals surface area (Å²) in [6, 6.07) is 3.65. The lowest BCUT2D eigenvalue weighted by Crippen LogP contribution is -2.37. The number of guanidine groups is 1. The summed E-state index contributed by atoms with van der Waals surface area (Å²) in [6.07, 6.45) is 0. The summed E-state index contributed by atoms with van der Waals surface area (Å²) in [5.41, 5.74) is 0.883. The summed E-state index contributed by atoms with van der Waals surface area (Å²) >= 11 is 0. The molecule has 1 aromatic carbocycles. The van der Waals surface area contributed by atoms with Crippen LogP contribution in [0.1, 0.15) is 19.4 Å². The van der Waals surface area contributed by atoms with Gasteiger partial charge in [-0.3, -0.25) is 0 Å². The minimum atomic E-state index is 0.450. The second kappa shape index (κ2) is 8.94. The van der Waals surface area contributed by atoms with Gasteiger partial charge in [0, 0.05) is 25.2 Å². The molecule has 0 heterocycles. The van der Waals surface area contributed by atoms with Crippen LogP contribution in [0.25, 0.3) is 0 Å². The first-order chi connectivity index (χ1) is 10.2. The largest absolute Gasteiger partial charge is 0.496 e. The number of rotatable bonds is 7. The van der Waals surface area contributed by atoms with Crippen LogP contribution in [0.15, 0.2) is 17.1 Å². The number of hydrogen-bond acceptors (Lipinski definition) is 4. The topological polar surface area (TPSA) is 64.1 Å². The molecule has 21 heavy (non-hydrogen) atoms. The van der Waals surface area contributed by atoms with Crippen molar-refractivity contribution in [3.05, 3.63) is 17.7 Å². The molecule has 0 fully saturated rings. The van der Waals surface area contributed by atoms with Gasteiger partial charge in [0.05, 0.1) is 33.4 Å². The van der Waals surface area contributed by atoms with E-state index < -0.39 is 0 Å². The fraction of sp³-hybridized carbons (Fsp3) is 0.533. The summed E-state index contributed by atoms with van der Waals surface area (Å²) < 4.78 is 16.1. The third-order valence-corrected chi connectivity index (χ3v) is 2.90. The van der Waals surface area contributed by atoms with E-state index in [1.165, 1.54) is 0 Å². The van der Waals surface area contributed by atoms with Crippen LogP contribution in [-0.2, 0) is 6.54 Å². The molecule has 0 bridgehead atoms. The first-order valence-electron chi connectivity index (χ1n) is 7.01. The van der Waals surface area contributed by atoms with Crippen molar-refractivity contribution in [2.75, 3.05) is 34.4 Å². The summed E-state index contributed by atoms with van der Waals surface area (Å²) in [5, 5.41) is 6.37. The van der Waals surface area contributed by atoms with Crippen molar-refractivity contribution < 1.29 is 14.2 Å². The Kier molecular flexibility index (Phi) is 7.21. The Balaban J connectivity index is 3.07. The molecule has 0 aliphatic rings. The Morgan fingerprint density at radius 2 is 1.48 bits per heavy atom. The smallest absolute Gasteiger partial charge is 0.191 e. The van der Waals surface area contributed by atoms with Crippen molar-refractivity contribution in [1.29, 1.82) is 0 Å². The quantitative estimate of drug-likeness (QED) is 0.593. The van der Waals surface area contributed by atoms with Gasteiger partial charge in [-0.15, -0.1) is 0 Å². The minimum Gasteiger partial charge on any atom is -0.496 e. The molecule has 0 radical (unpaired) electrons. The highest BCUT2D eigenvalue weighted by Gasteiger charge is 2.13. The van der Waals surface area contributed by atoms with Crippen molar-refractivity contribution in [3.63, 3.8) is 0 Å². The number of nitrogens with one attached hydrogen (secondary N) is 2. The molecule has 0 spiro atoms. The number of ether oxygens (including phenoxy) is 3. The van der Waals surface area contributed by atoms with Crippen LogP contribution in [0.2, 0.25) is 0 Å². The van der Waals surface area contributed by atoms with E-state index in [-0.39, 0.29) is 0 Å². The van der Waals surface area contributed by atoms with Gasteiger partial charge in [-0.1, -0.05) is 0 Å². The minimum absolute atomic E-state index is 0.450. The van der Waals surface area contributed by atoms with E-state index in [1.54, 1.807) is 21.3 Å². The third-order valence-electron chi connectivity index (χ3n) is 2.90. The molecular formula is C15H25N3O3. The van der Waals surface area contributed by atoms with Gasteiger partial charge in [-0.2, -0.15) is 0 Å². The van der Waals surface area contributed by atoms with Crippen LogP contribution < -0.4 is 24.8 Å². The molecule has 0 atom stereocenters. The molecule has 0 unspecified atom stereocenters. The molecule has 0 aromatic heterocycles. The number of benzene rings is 1. The van der Waals surface area contributed by atoms with E-state index in [0.29, 0.717) is 23.8 Å². The molecule has 0 amide bonds. The van der Waals surface area contributed by atoms with Crippen molar-refractivity contribution in [1.82, 2.24) is 10.6 Å². The lowest BCUT2D eigenvalue weighted by Gasteiger charge is -2.15. The first kappa shape index (κ1) is 16.9. The summed E-state index contributed by atoms with van der Waals surface area (Å²) in [7, 11) is 4.86. The third kappa shape index (κ3) is 4.73. The standard InChI is InChI=1S/C15H25N3O3/c1-6-16-15(17-7-2)18-10-12-13(20-4)8-11(19-3)9-14(12)21-5/h8-9H,6-7,10H2,1-5H3,(H2,16,17,18). The van der Waals surface area contributed by atoms with Crippen LogP contribution in [0.3, 0.4) is 0 Å². The van der Waals surface area contributed by atoms with Crippen molar-refractivity contribution in [2.45, 2.75) is 20.4 Å². The molecule has 2 N–H and O–H groups in total. The lowest BCUT2D eigenvalue weighted by atomic mass is 10.1. The van der Waals surface area contributed by atoms with E-state index in [4.69, 9.17) is 14.2 Å². The molecule has 0 saturated carbocycles. The van der Waals surface area contributed by atoms with Gasteiger partial charge < -0.3 is 24.8 Å². The predicted octanol–water partition coefficient (Wildman–Crippen LogP) is 1.79. The zero-order valence-corrected chi connectivity index (χ0v) is 13.4. The van der Waals surface area contributed by atoms with Crippen molar-refractivity contribution >= 4 is 5.96 Å². The maximum Gasteiger partial charge on any atom is 0.191 e. The number of aliphatic imine (C=N–C) groups is 1. The van der Waals surface area contributed by atoms with Gasteiger partial charge >= 0.3 is 0 Å². The normalized spacial score (nSPS) is 9.76. The second-order valence-corrected chi connectivity index (χ2v) is 4.24.